The van der Waals surface area contributed by atoms with Crippen molar-refractivity contribution in [3.63, 3.8) is 0 Å². The first-order chi connectivity index (χ1) is 12.4. The molecular weight excluding hydrogens is 348 g/mol. The molecule has 1 aliphatic heterocycles. The van der Waals surface area contributed by atoms with Gasteiger partial charge in [-0.25, -0.2) is 9.97 Å². The van der Waals surface area contributed by atoms with Crippen molar-refractivity contribution in [3.05, 3.63) is 17.5 Å². The van der Waals surface area contributed by atoms with Gasteiger partial charge in [-0.3, -0.25) is 4.79 Å². The van der Waals surface area contributed by atoms with Crippen LogP contribution in [-0.4, -0.2) is 52.2 Å². The molecule has 3 rings (SSSR count). The molecule has 26 heavy (non-hydrogen) atoms. The average Bonchev–Trinajstić information content (AvgIpc) is 2.59. The molecular formula is C19H30N4O2S. The molecule has 1 atom stereocenters. The van der Waals surface area contributed by atoms with Gasteiger partial charge in [0.25, 0.3) is 0 Å². The minimum atomic E-state index is -0.205. The monoisotopic (exact) mass is 378 g/mol. The lowest BCUT2D eigenvalue weighted by Gasteiger charge is -2.37. The lowest BCUT2D eigenvalue weighted by Crippen LogP contribution is -2.39. The fraction of sp³-hybridized carbons (Fsp3) is 0.737. The van der Waals surface area contributed by atoms with Gasteiger partial charge in [0.15, 0.2) is 0 Å². The number of thioether (sulfide) groups is 1. The summed E-state index contributed by atoms with van der Waals surface area (Å²) in [6, 6.07) is -0.0136. The first-order valence-electron chi connectivity index (χ1n) is 9.45. The average molecular weight is 379 g/mol. The Kier molecular flexibility index (Phi) is 6.07. The molecule has 0 unspecified atom stereocenters. The predicted octanol–water partition coefficient (Wildman–Crippen LogP) is 2.32. The Bertz CT molecular complexity index is 644. The molecule has 144 valence electrons. The zero-order chi connectivity index (χ0) is 18.7. The van der Waals surface area contributed by atoms with E-state index in [-0.39, 0.29) is 23.5 Å². The lowest BCUT2D eigenvalue weighted by atomic mass is 9.74. The predicted molar refractivity (Wildman–Crippen MR) is 105 cm³/mol. The first-order valence-corrected chi connectivity index (χ1v) is 10.8. The number of nitrogens with one attached hydrogen (secondary N) is 1. The summed E-state index contributed by atoms with van der Waals surface area (Å²) in [6.45, 7) is 6.04. The summed E-state index contributed by atoms with van der Waals surface area (Å²) in [5.41, 5.74) is 2.20. The second-order valence-electron chi connectivity index (χ2n) is 8.20. The highest BCUT2D eigenvalue weighted by Crippen LogP contribution is 2.40. The van der Waals surface area contributed by atoms with E-state index in [1.54, 1.807) is 11.8 Å². The largest absolute Gasteiger partial charge is 0.393 e. The number of amides is 1. The maximum absolute atomic E-state index is 12.2. The summed E-state index contributed by atoms with van der Waals surface area (Å²) in [5, 5.41) is 12.9. The molecule has 0 spiro atoms. The molecule has 0 aromatic carbocycles. The van der Waals surface area contributed by atoms with Gasteiger partial charge in [0.2, 0.25) is 11.9 Å². The quantitative estimate of drug-likeness (QED) is 0.819. The molecule has 0 radical (unpaired) electrons. The van der Waals surface area contributed by atoms with Crippen molar-refractivity contribution >= 4 is 23.6 Å². The van der Waals surface area contributed by atoms with Crippen LogP contribution in [0.25, 0.3) is 0 Å². The Labute approximate surface area is 160 Å². The molecule has 2 heterocycles. The van der Waals surface area contributed by atoms with E-state index in [1.165, 1.54) is 0 Å². The van der Waals surface area contributed by atoms with Crippen LogP contribution in [0.3, 0.4) is 0 Å². The van der Waals surface area contributed by atoms with Crippen molar-refractivity contribution in [1.82, 2.24) is 15.3 Å². The Morgan fingerprint density at radius 3 is 2.85 bits per heavy atom. The van der Waals surface area contributed by atoms with E-state index in [2.05, 4.69) is 29.0 Å². The summed E-state index contributed by atoms with van der Waals surface area (Å²) in [5.74, 6) is 1.69. The SMILES string of the molecule is CSCCC(=O)N[C@@H]1CC(C)(C)Cc2nc(N3CCC(O)CC3)ncc21. The Morgan fingerprint density at radius 1 is 1.42 bits per heavy atom. The van der Waals surface area contributed by atoms with Crippen molar-refractivity contribution in [2.45, 2.75) is 58.1 Å². The van der Waals surface area contributed by atoms with Gasteiger partial charge in [0, 0.05) is 37.0 Å². The molecule has 6 nitrogen and oxygen atoms in total. The molecule has 1 amide bonds. The molecule has 2 N–H and O–H groups in total. The van der Waals surface area contributed by atoms with Crippen LogP contribution in [0, 0.1) is 5.41 Å². The van der Waals surface area contributed by atoms with Crippen molar-refractivity contribution < 1.29 is 9.90 Å². The molecule has 1 saturated heterocycles. The van der Waals surface area contributed by atoms with E-state index in [0.29, 0.717) is 6.42 Å². The van der Waals surface area contributed by atoms with Crippen LogP contribution in [0.2, 0.25) is 0 Å². The number of fused-ring (bicyclic) bond motifs is 1. The molecule has 7 heteroatoms. The van der Waals surface area contributed by atoms with Gasteiger partial charge >= 0.3 is 0 Å². The fourth-order valence-corrected chi connectivity index (χ4v) is 4.23. The Morgan fingerprint density at radius 2 is 2.15 bits per heavy atom. The summed E-state index contributed by atoms with van der Waals surface area (Å²) in [4.78, 5) is 23.8. The molecule has 0 saturated carbocycles. The highest BCUT2D eigenvalue weighted by atomic mass is 32.2. The number of aliphatic hydroxyl groups is 1. The maximum Gasteiger partial charge on any atom is 0.225 e. The van der Waals surface area contributed by atoms with E-state index < -0.39 is 0 Å². The van der Waals surface area contributed by atoms with E-state index in [4.69, 9.17) is 4.98 Å². The number of carbonyl (C=O) groups is 1. The standard InChI is InChI=1S/C19H30N4O2S/c1-19(2)10-15(21-17(25)6-9-26-3)14-12-20-18(22-16(14)11-19)23-7-4-13(24)5-8-23/h12-13,15,24H,4-11H2,1-3H3,(H,21,25)/t15-/m1/s1. The number of hydrogen-bond acceptors (Lipinski definition) is 6. The Balaban J connectivity index is 1.79. The third kappa shape index (κ3) is 4.68. The third-order valence-electron chi connectivity index (χ3n) is 5.28. The molecule has 0 bridgehead atoms. The van der Waals surface area contributed by atoms with Crippen molar-refractivity contribution in [2.24, 2.45) is 5.41 Å². The second-order valence-corrected chi connectivity index (χ2v) is 9.18. The van der Waals surface area contributed by atoms with Crippen LogP contribution < -0.4 is 10.2 Å². The zero-order valence-corrected chi connectivity index (χ0v) is 16.8. The summed E-state index contributed by atoms with van der Waals surface area (Å²) in [7, 11) is 0. The summed E-state index contributed by atoms with van der Waals surface area (Å²) >= 11 is 1.69. The number of anilines is 1. The van der Waals surface area contributed by atoms with Crippen molar-refractivity contribution in [1.29, 1.82) is 0 Å². The second kappa shape index (κ2) is 8.13. The lowest BCUT2D eigenvalue weighted by molar-refractivity contribution is -0.121. The minimum Gasteiger partial charge on any atom is -0.393 e. The van der Waals surface area contributed by atoms with Crippen molar-refractivity contribution in [3.8, 4) is 0 Å². The Hall–Kier alpha value is -1.34. The molecule has 1 aromatic rings. The smallest absolute Gasteiger partial charge is 0.225 e. The number of hydrogen-bond donors (Lipinski definition) is 2. The highest BCUT2D eigenvalue weighted by molar-refractivity contribution is 7.98. The zero-order valence-electron chi connectivity index (χ0n) is 16.0. The van der Waals surface area contributed by atoms with Crippen LogP contribution in [-0.2, 0) is 11.2 Å². The van der Waals surface area contributed by atoms with Gasteiger partial charge in [-0.1, -0.05) is 13.8 Å². The highest BCUT2D eigenvalue weighted by Gasteiger charge is 2.35. The van der Waals surface area contributed by atoms with E-state index in [9.17, 15) is 9.90 Å². The van der Waals surface area contributed by atoms with Crippen LogP contribution in [0.1, 0.15) is 56.8 Å². The number of carbonyl (C=O) groups excluding carboxylic acids is 1. The van der Waals surface area contributed by atoms with Crippen LogP contribution in [0.4, 0.5) is 5.95 Å². The summed E-state index contributed by atoms with van der Waals surface area (Å²) in [6.07, 6.45) is 7.58. The first kappa shape index (κ1) is 19.4. The van der Waals surface area contributed by atoms with E-state index in [1.807, 2.05) is 12.5 Å². The van der Waals surface area contributed by atoms with Gasteiger partial charge in [0.1, 0.15) is 0 Å². The van der Waals surface area contributed by atoms with Gasteiger partial charge in [0.05, 0.1) is 17.8 Å². The third-order valence-corrected chi connectivity index (χ3v) is 5.89. The number of rotatable bonds is 5. The van der Waals surface area contributed by atoms with Gasteiger partial charge < -0.3 is 15.3 Å². The van der Waals surface area contributed by atoms with Gasteiger partial charge in [-0.15, -0.1) is 0 Å². The fourth-order valence-electron chi connectivity index (χ4n) is 3.84. The molecule has 2 aliphatic rings. The molecule has 1 aliphatic carbocycles. The van der Waals surface area contributed by atoms with Gasteiger partial charge in [-0.05, 0) is 37.4 Å². The van der Waals surface area contributed by atoms with Crippen molar-refractivity contribution in [2.75, 3.05) is 30.0 Å². The van der Waals surface area contributed by atoms with E-state index >= 15 is 0 Å². The number of nitrogens with zero attached hydrogens (tertiary/aromatic N) is 3. The normalized spacial score (nSPS) is 22.8. The minimum absolute atomic E-state index is 0.0136. The molecule has 1 aromatic heterocycles. The topological polar surface area (TPSA) is 78.4 Å². The van der Waals surface area contributed by atoms with Crippen LogP contribution >= 0.6 is 11.8 Å². The number of aromatic nitrogens is 2. The van der Waals surface area contributed by atoms with Gasteiger partial charge in [-0.2, -0.15) is 11.8 Å². The number of piperidine rings is 1. The van der Waals surface area contributed by atoms with Crippen LogP contribution in [0.5, 0.6) is 0 Å². The summed E-state index contributed by atoms with van der Waals surface area (Å²) < 4.78 is 0. The van der Waals surface area contributed by atoms with E-state index in [0.717, 1.165) is 61.7 Å². The maximum atomic E-state index is 12.2. The molecule has 1 fully saturated rings. The van der Waals surface area contributed by atoms with Crippen LogP contribution in [0.15, 0.2) is 6.20 Å². The number of aliphatic hydroxyl groups excluding tert-OH is 1.